The summed E-state index contributed by atoms with van der Waals surface area (Å²) in [5.41, 5.74) is 3.05. The molecule has 0 bridgehead atoms. The minimum absolute atomic E-state index is 0.0480. The maximum Gasteiger partial charge on any atom is 0.210 e. The second-order valence-electron chi connectivity index (χ2n) is 4.14. The number of hydrogen-bond acceptors (Lipinski definition) is 1. The van der Waals surface area contributed by atoms with E-state index in [-0.39, 0.29) is 5.78 Å². The van der Waals surface area contributed by atoms with Crippen molar-refractivity contribution in [3.8, 4) is 11.8 Å². The largest absolute Gasteiger partial charge is 0.285 e. The van der Waals surface area contributed by atoms with Crippen LogP contribution in [0.4, 0.5) is 0 Å². The fourth-order valence-electron chi connectivity index (χ4n) is 1.69. The maximum absolute atomic E-state index is 11.8. The minimum atomic E-state index is -0.0480. The van der Waals surface area contributed by atoms with Crippen LogP contribution in [0.5, 0.6) is 0 Å². The number of carbonyl (C=O) groups is 1. The first-order chi connectivity index (χ1) is 8.75. The van der Waals surface area contributed by atoms with Crippen LogP contribution in [0.1, 0.15) is 16.7 Å². The van der Waals surface area contributed by atoms with Crippen molar-refractivity contribution < 1.29 is 4.79 Å². The Morgan fingerprint density at radius 2 is 1.67 bits per heavy atom. The zero-order valence-electron chi connectivity index (χ0n) is 10.3. The summed E-state index contributed by atoms with van der Waals surface area (Å²) < 4.78 is 0. The molecule has 1 heteroatoms. The second-order valence-corrected chi connectivity index (χ2v) is 4.14. The van der Waals surface area contributed by atoms with Crippen molar-refractivity contribution in [2.45, 2.75) is 13.3 Å². The van der Waals surface area contributed by atoms with Crippen molar-refractivity contribution in [3.05, 3.63) is 71.3 Å². The Balaban J connectivity index is 2.07. The number of Topliss-reactive ketones (excluding diaryl/α,β-unsaturated/α-hetero) is 1. The smallest absolute Gasteiger partial charge is 0.210 e. The molecule has 18 heavy (non-hydrogen) atoms. The lowest BCUT2D eigenvalue weighted by molar-refractivity contribution is -0.113. The SMILES string of the molecule is Cc1ccccc1CC(=O)C#Cc1ccccc1. The van der Waals surface area contributed by atoms with E-state index in [4.69, 9.17) is 0 Å². The first-order valence-corrected chi connectivity index (χ1v) is 5.90. The predicted molar refractivity (Wildman–Crippen MR) is 73.2 cm³/mol. The van der Waals surface area contributed by atoms with Crippen LogP contribution in [0, 0.1) is 18.8 Å². The van der Waals surface area contributed by atoms with Gasteiger partial charge in [0.1, 0.15) is 0 Å². The fourth-order valence-corrected chi connectivity index (χ4v) is 1.69. The lowest BCUT2D eigenvalue weighted by Crippen LogP contribution is -2.00. The van der Waals surface area contributed by atoms with Crippen LogP contribution >= 0.6 is 0 Å². The summed E-state index contributed by atoms with van der Waals surface area (Å²) in [5, 5.41) is 0. The van der Waals surface area contributed by atoms with Gasteiger partial charge in [-0.15, -0.1) is 0 Å². The molecule has 2 aromatic rings. The van der Waals surface area contributed by atoms with E-state index in [1.165, 1.54) is 0 Å². The van der Waals surface area contributed by atoms with Crippen LogP contribution in [0.25, 0.3) is 0 Å². The molecule has 0 aliphatic carbocycles. The monoisotopic (exact) mass is 234 g/mol. The van der Waals surface area contributed by atoms with Crippen LogP contribution in [-0.4, -0.2) is 5.78 Å². The Hall–Kier alpha value is -2.33. The quantitative estimate of drug-likeness (QED) is 0.729. The van der Waals surface area contributed by atoms with Gasteiger partial charge in [0.05, 0.1) is 0 Å². The summed E-state index contributed by atoms with van der Waals surface area (Å²) in [6.45, 7) is 2.01. The molecule has 0 unspecified atom stereocenters. The fraction of sp³-hybridized carbons (Fsp3) is 0.118. The van der Waals surface area contributed by atoms with Crippen LogP contribution in [0.3, 0.4) is 0 Å². The van der Waals surface area contributed by atoms with Crippen LogP contribution in [0.15, 0.2) is 54.6 Å². The zero-order chi connectivity index (χ0) is 12.8. The van der Waals surface area contributed by atoms with Gasteiger partial charge in [-0.3, -0.25) is 4.79 Å². The highest BCUT2D eigenvalue weighted by Crippen LogP contribution is 2.07. The summed E-state index contributed by atoms with van der Waals surface area (Å²) in [7, 11) is 0. The third-order valence-electron chi connectivity index (χ3n) is 2.73. The maximum atomic E-state index is 11.8. The van der Waals surface area contributed by atoms with Crippen molar-refractivity contribution in [2.75, 3.05) is 0 Å². The molecule has 2 rings (SSSR count). The van der Waals surface area contributed by atoms with Gasteiger partial charge in [0.15, 0.2) is 0 Å². The van der Waals surface area contributed by atoms with Crippen molar-refractivity contribution in [2.24, 2.45) is 0 Å². The Morgan fingerprint density at radius 3 is 2.39 bits per heavy atom. The van der Waals surface area contributed by atoms with Crippen LogP contribution < -0.4 is 0 Å². The highest BCUT2D eigenvalue weighted by molar-refractivity contribution is 5.97. The standard InChI is InChI=1S/C17H14O/c1-14-7-5-6-10-16(14)13-17(18)12-11-15-8-3-2-4-9-15/h2-10H,13H2,1H3. The predicted octanol–water partition coefficient (Wildman–Crippen LogP) is 3.16. The molecule has 0 heterocycles. The van der Waals surface area contributed by atoms with E-state index in [2.05, 4.69) is 11.8 Å². The molecule has 88 valence electrons. The average molecular weight is 234 g/mol. The van der Waals surface area contributed by atoms with Gasteiger partial charge < -0.3 is 0 Å². The first-order valence-electron chi connectivity index (χ1n) is 5.90. The van der Waals surface area contributed by atoms with E-state index < -0.39 is 0 Å². The van der Waals surface area contributed by atoms with Gasteiger partial charge in [0.2, 0.25) is 5.78 Å². The topological polar surface area (TPSA) is 17.1 Å². The van der Waals surface area contributed by atoms with Gasteiger partial charge in [0, 0.05) is 12.0 Å². The number of hydrogen-bond donors (Lipinski definition) is 0. The van der Waals surface area contributed by atoms with Crippen molar-refractivity contribution in [1.82, 2.24) is 0 Å². The highest BCUT2D eigenvalue weighted by atomic mass is 16.1. The zero-order valence-corrected chi connectivity index (χ0v) is 10.3. The molecule has 1 nitrogen and oxygen atoms in total. The molecular formula is C17H14O. The summed E-state index contributed by atoms with van der Waals surface area (Å²) in [4.78, 5) is 11.8. The summed E-state index contributed by atoms with van der Waals surface area (Å²) >= 11 is 0. The van der Waals surface area contributed by atoms with Gasteiger partial charge in [-0.25, -0.2) is 0 Å². The normalized spacial score (nSPS) is 9.39. The van der Waals surface area contributed by atoms with E-state index in [1.54, 1.807) is 0 Å². The number of rotatable bonds is 2. The Bertz CT molecular complexity index is 600. The van der Waals surface area contributed by atoms with Gasteiger partial charge in [-0.2, -0.15) is 0 Å². The van der Waals surface area contributed by atoms with Crippen LogP contribution in [-0.2, 0) is 11.2 Å². The van der Waals surface area contributed by atoms with E-state index in [1.807, 2.05) is 61.5 Å². The third kappa shape index (κ3) is 3.33. The number of aryl methyl sites for hydroxylation is 1. The molecule has 0 aliphatic rings. The van der Waals surface area contributed by atoms with Crippen molar-refractivity contribution >= 4 is 5.78 Å². The molecule has 0 aliphatic heterocycles. The molecular weight excluding hydrogens is 220 g/mol. The minimum Gasteiger partial charge on any atom is -0.285 e. The Morgan fingerprint density at radius 1 is 1.00 bits per heavy atom. The van der Waals surface area contributed by atoms with Gasteiger partial charge in [-0.1, -0.05) is 48.4 Å². The Kier molecular flexibility index (Phi) is 3.94. The molecule has 2 aromatic carbocycles. The van der Waals surface area contributed by atoms with Crippen molar-refractivity contribution in [1.29, 1.82) is 0 Å². The number of benzene rings is 2. The molecule has 0 saturated carbocycles. The van der Waals surface area contributed by atoms with Gasteiger partial charge in [0.25, 0.3) is 0 Å². The Labute approximate surface area is 107 Å². The highest BCUT2D eigenvalue weighted by Gasteiger charge is 2.02. The van der Waals surface area contributed by atoms with E-state index >= 15 is 0 Å². The molecule has 0 aromatic heterocycles. The lowest BCUT2D eigenvalue weighted by atomic mass is 10.0. The molecule has 0 N–H and O–H groups in total. The van der Waals surface area contributed by atoms with Gasteiger partial charge >= 0.3 is 0 Å². The van der Waals surface area contributed by atoms with Crippen LogP contribution in [0.2, 0.25) is 0 Å². The molecule has 0 atom stereocenters. The lowest BCUT2D eigenvalue weighted by Gasteiger charge is -2.00. The summed E-state index contributed by atoms with van der Waals surface area (Å²) in [5.74, 6) is 5.52. The average Bonchev–Trinajstić information content (AvgIpc) is 2.40. The van der Waals surface area contributed by atoms with Crippen molar-refractivity contribution in [3.63, 3.8) is 0 Å². The van der Waals surface area contributed by atoms with E-state index in [0.29, 0.717) is 6.42 Å². The molecule has 0 radical (unpaired) electrons. The molecule has 0 fully saturated rings. The number of carbonyl (C=O) groups excluding carboxylic acids is 1. The second kappa shape index (κ2) is 5.84. The summed E-state index contributed by atoms with van der Waals surface area (Å²) in [6.07, 6.45) is 0.381. The molecule has 0 saturated heterocycles. The summed E-state index contributed by atoms with van der Waals surface area (Å²) in [6, 6.07) is 17.4. The van der Waals surface area contributed by atoms with E-state index in [0.717, 1.165) is 16.7 Å². The van der Waals surface area contributed by atoms with E-state index in [9.17, 15) is 4.79 Å². The van der Waals surface area contributed by atoms with Gasteiger partial charge in [-0.05, 0) is 36.1 Å². The molecule has 0 spiro atoms. The molecule has 0 amide bonds. The number of ketones is 1. The first kappa shape index (κ1) is 12.1. The third-order valence-corrected chi connectivity index (χ3v) is 2.73.